The molecule has 1 aromatic heterocycles. The lowest BCUT2D eigenvalue weighted by Crippen LogP contribution is -2.34. The van der Waals surface area contributed by atoms with Crippen molar-refractivity contribution in [3.63, 3.8) is 0 Å². The van der Waals surface area contributed by atoms with E-state index in [9.17, 15) is 4.79 Å². The largest absolute Gasteiger partial charge is 0.495 e. The molecule has 0 aliphatic carbocycles. The smallest absolute Gasteiger partial charge is 0.261 e. The fraction of sp³-hybridized carbons (Fsp3) is 0.0909. The van der Waals surface area contributed by atoms with E-state index in [-0.39, 0.29) is 5.11 Å². The predicted octanol–water partition coefficient (Wildman–Crippen LogP) is 6.04. The molecule has 1 amide bonds. The predicted molar refractivity (Wildman–Crippen MR) is 141 cm³/mol. The van der Waals surface area contributed by atoms with Gasteiger partial charge in [-0.15, -0.1) is 10.2 Å². The maximum Gasteiger partial charge on any atom is 0.261 e. The zero-order chi connectivity index (χ0) is 23.7. The van der Waals surface area contributed by atoms with Gasteiger partial charge in [0.25, 0.3) is 5.91 Å². The number of methoxy groups -OCH3 is 1. The van der Waals surface area contributed by atoms with Crippen LogP contribution < -0.4 is 15.4 Å². The average molecular weight is 610 g/mol. The van der Waals surface area contributed by atoms with E-state index in [0.29, 0.717) is 32.0 Å². The maximum atomic E-state index is 12.8. The monoisotopic (exact) mass is 607 g/mol. The van der Waals surface area contributed by atoms with Crippen molar-refractivity contribution in [3.05, 3.63) is 73.6 Å². The number of aryl methyl sites for hydroxylation is 1. The molecule has 33 heavy (non-hydrogen) atoms. The van der Waals surface area contributed by atoms with Crippen molar-refractivity contribution in [2.45, 2.75) is 6.92 Å². The summed E-state index contributed by atoms with van der Waals surface area (Å²) in [5.74, 6) is 0.00804. The number of ether oxygens (including phenoxy) is 1. The van der Waals surface area contributed by atoms with Crippen LogP contribution in [-0.2, 0) is 0 Å². The minimum atomic E-state index is -0.404. The number of aromatic nitrogens is 3. The van der Waals surface area contributed by atoms with Crippen molar-refractivity contribution in [1.29, 1.82) is 0 Å². The Balaban J connectivity index is 1.55. The van der Waals surface area contributed by atoms with Gasteiger partial charge in [0, 0.05) is 15.2 Å². The Hall–Kier alpha value is -2.53. The molecule has 0 bridgehead atoms. The topological polar surface area (TPSA) is 81.1 Å². The third kappa shape index (κ3) is 5.19. The van der Waals surface area contributed by atoms with Gasteiger partial charge in [0.1, 0.15) is 16.8 Å². The van der Waals surface area contributed by atoms with Crippen LogP contribution in [0.15, 0.2) is 57.5 Å². The summed E-state index contributed by atoms with van der Waals surface area (Å²) in [7, 11) is 1.50. The van der Waals surface area contributed by atoms with Crippen molar-refractivity contribution in [3.8, 4) is 11.4 Å². The van der Waals surface area contributed by atoms with E-state index in [1.165, 1.54) is 7.11 Å². The van der Waals surface area contributed by atoms with Crippen LogP contribution in [0.2, 0.25) is 5.02 Å². The Kier molecular flexibility index (Phi) is 6.99. The highest BCUT2D eigenvalue weighted by atomic mass is 79.9. The van der Waals surface area contributed by atoms with E-state index >= 15 is 0 Å². The summed E-state index contributed by atoms with van der Waals surface area (Å²) in [6.45, 7) is 1.92. The molecule has 0 aliphatic heterocycles. The van der Waals surface area contributed by atoms with E-state index in [1.807, 2.05) is 31.2 Å². The molecule has 11 heteroatoms. The molecule has 0 radical (unpaired) electrons. The summed E-state index contributed by atoms with van der Waals surface area (Å²) in [6, 6.07) is 14.4. The van der Waals surface area contributed by atoms with Crippen LogP contribution in [0.3, 0.4) is 0 Å². The third-order valence-electron chi connectivity index (χ3n) is 4.72. The molecular formula is C22H16Br2ClN5O2S. The highest BCUT2D eigenvalue weighted by molar-refractivity contribution is 9.11. The van der Waals surface area contributed by atoms with Crippen molar-refractivity contribution in [2.24, 2.45) is 0 Å². The minimum Gasteiger partial charge on any atom is -0.495 e. The summed E-state index contributed by atoms with van der Waals surface area (Å²) < 4.78 is 6.72. The van der Waals surface area contributed by atoms with Gasteiger partial charge in [0.05, 0.1) is 22.8 Å². The molecule has 3 aromatic carbocycles. The summed E-state index contributed by atoms with van der Waals surface area (Å²) in [4.78, 5) is 14.4. The molecule has 0 spiro atoms. The fourth-order valence-electron chi connectivity index (χ4n) is 3.15. The molecule has 4 rings (SSSR count). The number of hydrogen-bond donors (Lipinski definition) is 2. The number of halogens is 3. The number of nitrogens with one attached hydrogen (secondary N) is 2. The molecule has 0 atom stereocenters. The molecule has 1 heterocycles. The lowest BCUT2D eigenvalue weighted by Gasteiger charge is -2.14. The molecule has 168 valence electrons. The number of hydrogen-bond acceptors (Lipinski definition) is 5. The summed E-state index contributed by atoms with van der Waals surface area (Å²) >= 11 is 18.1. The Labute approximate surface area is 216 Å². The molecule has 4 aromatic rings. The van der Waals surface area contributed by atoms with E-state index < -0.39 is 5.91 Å². The summed E-state index contributed by atoms with van der Waals surface area (Å²) in [5.41, 5.74) is 4.13. The number of carbonyl (C=O) groups is 1. The summed E-state index contributed by atoms with van der Waals surface area (Å²) in [6.07, 6.45) is 0. The van der Waals surface area contributed by atoms with E-state index in [4.69, 9.17) is 28.6 Å². The van der Waals surface area contributed by atoms with Crippen LogP contribution >= 0.6 is 55.7 Å². The molecular weight excluding hydrogens is 594 g/mol. The van der Waals surface area contributed by atoms with Crippen LogP contribution in [0.5, 0.6) is 5.75 Å². The zero-order valence-electron chi connectivity index (χ0n) is 17.3. The van der Waals surface area contributed by atoms with Gasteiger partial charge < -0.3 is 10.1 Å². The van der Waals surface area contributed by atoms with Crippen molar-refractivity contribution < 1.29 is 9.53 Å². The number of benzene rings is 3. The first-order valence-corrected chi connectivity index (χ1v) is 11.9. The molecule has 0 saturated heterocycles. The van der Waals surface area contributed by atoms with Gasteiger partial charge >= 0.3 is 0 Å². The first kappa shape index (κ1) is 23.6. The molecule has 0 aliphatic rings. The van der Waals surface area contributed by atoms with Crippen LogP contribution in [0.1, 0.15) is 15.9 Å². The lowest BCUT2D eigenvalue weighted by atomic mass is 10.1. The van der Waals surface area contributed by atoms with Gasteiger partial charge in [-0.1, -0.05) is 27.5 Å². The van der Waals surface area contributed by atoms with Gasteiger partial charge in [-0.3, -0.25) is 10.1 Å². The second-order valence-electron chi connectivity index (χ2n) is 7.00. The van der Waals surface area contributed by atoms with E-state index in [1.54, 1.807) is 29.1 Å². The Morgan fingerprint density at radius 3 is 2.42 bits per heavy atom. The van der Waals surface area contributed by atoms with Crippen molar-refractivity contribution >= 4 is 83.4 Å². The quantitative estimate of drug-likeness (QED) is 0.275. The van der Waals surface area contributed by atoms with Gasteiger partial charge in [-0.05, 0) is 89.2 Å². The van der Waals surface area contributed by atoms with Gasteiger partial charge in [0.2, 0.25) is 0 Å². The van der Waals surface area contributed by atoms with E-state index in [2.05, 4.69) is 52.7 Å². The van der Waals surface area contributed by atoms with Gasteiger partial charge in [-0.2, -0.15) is 4.80 Å². The number of nitrogens with zero attached hydrogens (tertiary/aromatic N) is 3. The maximum absolute atomic E-state index is 12.8. The molecule has 0 fully saturated rings. The number of fused-ring (bicyclic) bond motifs is 1. The first-order chi connectivity index (χ1) is 15.7. The minimum absolute atomic E-state index is 0.144. The highest BCUT2D eigenvalue weighted by Gasteiger charge is 2.18. The molecule has 7 nitrogen and oxygen atoms in total. The second-order valence-corrected chi connectivity index (χ2v) is 9.61. The third-order valence-corrected chi connectivity index (χ3v) is 6.22. The van der Waals surface area contributed by atoms with Crippen LogP contribution in [0, 0.1) is 6.92 Å². The highest BCUT2D eigenvalue weighted by Crippen LogP contribution is 2.32. The standard InChI is InChI=1S/C22H16Br2ClN5O2S/c1-11-7-18-19(29-30(28-18)14-5-3-13(25)4-6-14)10-17(11)26-22(33)27-21(31)15-8-12(23)9-16(24)20(15)32-2/h3-10H,1-2H3,(H2,26,27,31,33). The van der Waals surface area contributed by atoms with Crippen LogP contribution in [0.25, 0.3) is 16.7 Å². The fourth-order valence-corrected chi connectivity index (χ4v) is 4.87. The van der Waals surface area contributed by atoms with Crippen molar-refractivity contribution in [1.82, 2.24) is 20.3 Å². The lowest BCUT2D eigenvalue weighted by molar-refractivity contribution is 0.0974. The van der Waals surface area contributed by atoms with Crippen molar-refractivity contribution in [2.75, 3.05) is 12.4 Å². The molecule has 0 unspecified atom stereocenters. The Bertz CT molecular complexity index is 1390. The first-order valence-electron chi connectivity index (χ1n) is 9.54. The number of amides is 1. The average Bonchev–Trinajstić information content (AvgIpc) is 3.16. The molecule has 2 N–H and O–H groups in total. The van der Waals surface area contributed by atoms with E-state index in [0.717, 1.165) is 21.2 Å². The van der Waals surface area contributed by atoms with Gasteiger partial charge in [-0.25, -0.2) is 0 Å². The zero-order valence-corrected chi connectivity index (χ0v) is 22.1. The van der Waals surface area contributed by atoms with Crippen LogP contribution in [-0.4, -0.2) is 33.1 Å². The van der Waals surface area contributed by atoms with Gasteiger partial charge in [0.15, 0.2) is 5.11 Å². The van der Waals surface area contributed by atoms with Crippen LogP contribution in [0.4, 0.5) is 5.69 Å². The summed E-state index contributed by atoms with van der Waals surface area (Å²) in [5, 5.41) is 15.6. The number of carbonyl (C=O) groups excluding carboxylic acids is 1. The Morgan fingerprint density at radius 2 is 1.76 bits per heavy atom. The SMILES string of the molecule is COc1c(Br)cc(Br)cc1C(=O)NC(=S)Nc1cc2nn(-c3ccc(Cl)cc3)nc2cc1C. The number of rotatable bonds is 4. The number of anilines is 1. The number of thiocarbonyl (C=S) groups is 1. The second kappa shape index (κ2) is 9.76. The Morgan fingerprint density at radius 1 is 1.09 bits per heavy atom. The molecule has 0 saturated carbocycles. The normalized spacial score (nSPS) is 10.8.